The Morgan fingerprint density at radius 2 is 0.921 bits per heavy atom. The molecule has 0 aromatic carbocycles. The molecule has 1 amide bonds. The van der Waals surface area contributed by atoms with Gasteiger partial charge in [0.05, 0.1) is 25.2 Å². The van der Waals surface area contributed by atoms with Gasteiger partial charge in [-0.1, -0.05) is 234 Å². The fourth-order valence-corrected chi connectivity index (χ4v) is 7.35. The van der Waals surface area contributed by atoms with Crippen LogP contribution in [0.15, 0.2) is 97.2 Å². The molecule has 0 aliphatic rings. The molecule has 0 aliphatic carbocycles. The molecular formula is C57H97NO5. The third kappa shape index (κ3) is 45.2. The molecule has 63 heavy (non-hydrogen) atoms. The lowest BCUT2D eigenvalue weighted by atomic mass is 10.0. The number of aliphatic hydroxyl groups is 2. The van der Waals surface area contributed by atoms with Gasteiger partial charge in [0.25, 0.3) is 0 Å². The number of nitrogens with one attached hydrogen (secondary N) is 1. The lowest BCUT2D eigenvalue weighted by Crippen LogP contribution is -2.46. The van der Waals surface area contributed by atoms with Crippen molar-refractivity contribution < 1.29 is 24.5 Å². The molecule has 0 bridgehead atoms. The van der Waals surface area contributed by atoms with Crippen LogP contribution >= 0.6 is 0 Å². The number of carbonyl (C=O) groups is 2. The first kappa shape index (κ1) is 59.8. The number of esters is 1. The van der Waals surface area contributed by atoms with Crippen molar-refractivity contribution in [2.45, 2.75) is 244 Å². The van der Waals surface area contributed by atoms with Gasteiger partial charge in [-0.05, 0) is 77.0 Å². The largest absolute Gasteiger partial charge is 0.462 e. The second-order valence-electron chi connectivity index (χ2n) is 17.3. The van der Waals surface area contributed by atoms with Gasteiger partial charge in [-0.2, -0.15) is 0 Å². The zero-order valence-electron chi connectivity index (χ0n) is 40.9. The van der Waals surface area contributed by atoms with E-state index in [-0.39, 0.29) is 31.3 Å². The number of rotatable bonds is 45. The highest BCUT2D eigenvalue weighted by Crippen LogP contribution is 2.17. The third-order valence-electron chi connectivity index (χ3n) is 11.3. The monoisotopic (exact) mass is 876 g/mol. The molecule has 6 heteroatoms. The molecule has 0 fully saturated rings. The van der Waals surface area contributed by atoms with E-state index in [0.29, 0.717) is 19.3 Å². The molecule has 360 valence electrons. The van der Waals surface area contributed by atoms with Crippen LogP contribution in [0.4, 0.5) is 0 Å². The summed E-state index contributed by atoms with van der Waals surface area (Å²) >= 11 is 0. The number of unbranched alkanes of at least 4 members (excludes halogenated alkanes) is 21. The number of allylic oxidation sites excluding steroid dienone is 16. The Hall–Kier alpha value is -3.22. The van der Waals surface area contributed by atoms with Crippen molar-refractivity contribution in [1.82, 2.24) is 5.32 Å². The number of hydrogen-bond donors (Lipinski definition) is 3. The molecule has 3 atom stereocenters. The first-order valence-electron chi connectivity index (χ1n) is 26.0. The second kappa shape index (κ2) is 49.8. The molecule has 3 unspecified atom stereocenters. The summed E-state index contributed by atoms with van der Waals surface area (Å²) < 4.78 is 5.87. The summed E-state index contributed by atoms with van der Waals surface area (Å²) in [6, 6.07) is -0.734. The molecule has 0 saturated heterocycles. The average Bonchev–Trinajstić information content (AvgIpc) is 3.28. The normalized spacial score (nSPS) is 14.0. The van der Waals surface area contributed by atoms with Crippen LogP contribution in [-0.4, -0.2) is 46.9 Å². The summed E-state index contributed by atoms with van der Waals surface area (Å²) in [5, 5.41) is 23.8. The van der Waals surface area contributed by atoms with E-state index >= 15 is 0 Å². The summed E-state index contributed by atoms with van der Waals surface area (Å²) in [7, 11) is 0. The topological polar surface area (TPSA) is 95.9 Å². The van der Waals surface area contributed by atoms with Crippen LogP contribution in [0.5, 0.6) is 0 Å². The lowest BCUT2D eigenvalue weighted by molar-refractivity contribution is -0.151. The van der Waals surface area contributed by atoms with E-state index in [1.165, 1.54) is 109 Å². The Bertz CT molecular complexity index is 1260. The zero-order valence-corrected chi connectivity index (χ0v) is 40.9. The van der Waals surface area contributed by atoms with Crippen LogP contribution in [-0.2, 0) is 14.3 Å². The van der Waals surface area contributed by atoms with Crippen LogP contribution in [0.1, 0.15) is 226 Å². The van der Waals surface area contributed by atoms with E-state index in [1.54, 1.807) is 0 Å². The van der Waals surface area contributed by atoms with Gasteiger partial charge < -0.3 is 20.3 Å². The number of hydrogen-bond acceptors (Lipinski definition) is 5. The lowest BCUT2D eigenvalue weighted by Gasteiger charge is -2.24. The molecule has 0 rings (SSSR count). The third-order valence-corrected chi connectivity index (χ3v) is 11.3. The first-order valence-corrected chi connectivity index (χ1v) is 26.0. The molecule has 0 spiro atoms. The van der Waals surface area contributed by atoms with Crippen LogP contribution in [0.3, 0.4) is 0 Å². The van der Waals surface area contributed by atoms with Crippen molar-refractivity contribution in [3.8, 4) is 0 Å². The number of amides is 1. The van der Waals surface area contributed by atoms with Crippen LogP contribution in [0, 0.1) is 0 Å². The quantitative estimate of drug-likeness (QED) is 0.0245. The molecule has 0 aliphatic heterocycles. The van der Waals surface area contributed by atoms with Gasteiger partial charge in [-0.25, -0.2) is 0 Å². The Labute approximate surface area is 388 Å². The van der Waals surface area contributed by atoms with E-state index in [9.17, 15) is 19.8 Å². The van der Waals surface area contributed by atoms with Gasteiger partial charge in [-0.3, -0.25) is 9.59 Å². The predicted octanol–water partition coefficient (Wildman–Crippen LogP) is 15.7. The fraction of sp³-hybridized carbons (Fsp3) is 0.684. The van der Waals surface area contributed by atoms with Gasteiger partial charge in [0.1, 0.15) is 6.10 Å². The maximum absolute atomic E-state index is 13.2. The molecule has 6 nitrogen and oxygen atoms in total. The average molecular weight is 876 g/mol. The van der Waals surface area contributed by atoms with E-state index in [1.807, 2.05) is 54.7 Å². The minimum Gasteiger partial charge on any atom is -0.462 e. The molecule has 0 aromatic rings. The van der Waals surface area contributed by atoms with Gasteiger partial charge in [-0.15, -0.1) is 0 Å². The first-order chi connectivity index (χ1) is 31.0. The standard InChI is InChI=1S/C57H97NO5/c1-4-7-10-13-16-19-22-25-27-29-32-34-37-40-43-46-49-55(60)54(52-59)58-56(61)51-53(48-45-42-39-36-33-31-28-26-23-20-17-14-11-8-5-2)63-57(62)50-47-44-41-38-35-30-24-21-18-15-12-9-6-3/h9,12,15,17-18,20-21,24,26,28,30,33,35-36,38,41,53-55,59-60H,4-8,10-11,13-14,16,19,22-23,25,27,29,31-32,34,37,39-40,42-52H2,1-3H3,(H,58,61)/b12-9+,18-15+,20-17-,24-21-,28-26-,35-30-,36-33-,41-38+. The minimum atomic E-state index is -0.816. The van der Waals surface area contributed by atoms with Crippen molar-refractivity contribution in [3.05, 3.63) is 97.2 Å². The van der Waals surface area contributed by atoms with Crippen LogP contribution in [0.25, 0.3) is 0 Å². The maximum Gasteiger partial charge on any atom is 0.306 e. The SMILES string of the molecule is CC/C=C/C=C/C=C\C=C/C=C/CCCC(=O)OC(CCCC/C=C\C/C=C\C/C=C\CCCCC)CC(=O)NC(CO)C(O)CCCCCCCCCCCCCCCCCC. The minimum absolute atomic E-state index is 0.0178. The van der Waals surface area contributed by atoms with Gasteiger partial charge >= 0.3 is 5.97 Å². The van der Waals surface area contributed by atoms with Gasteiger partial charge in [0.15, 0.2) is 0 Å². The number of carbonyl (C=O) groups excluding carboxylic acids is 2. The highest BCUT2D eigenvalue weighted by molar-refractivity contribution is 5.77. The summed E-state index contributed by atoms with van der Waals surface area (Å²) in [6.45, 7) is 6.28. The maximum atomic E-state index is 13.2. The van der Waals surface area contributed by atoms with Crippen molar-refractivity contribution in [2.24, 2.45) is 0 Å². The van der Waals surface area contributed by atoms with Gasteiger partial charge in [0.2, 0.25) is 5.91 Å². The Morgan fingerprint density at radius 1 is 0.492 bits per heavy atom. The summed E-state index contributed by atoms with van der Waals surface area (Å²) in [4.78, 5) is 26.1. The highest BCUT2D eigenvalue weighted by Gasteiger charge is 2.24. The van der Waals surface area contributed by atoms with Crippen molar-refractivity contribution >= 4 is 11.9 Å². The fourth-order valence-electron chi connectivity index (χ4n) is 7.35. The molecular weight excluding hydrogens is 779 g/mol. The second-order valence-corrected chi connectivity index (χ2v) is 17.3. The van der Waals surface area contributed by atoms with Crippen molar-refractivity contribution in [3.63, 3.8) is 0 Å². The van der Waals surface area contributed by atoms with E-state index < -0.39 is 18.2 Å². The van der Waals surface area contributed by atoms with E-state index in [2.05, 4.69) is 68.6 Å². The van der Waals surface area contributed by atoms with Crippen molar-refractivity contribution in [1.29, 1.82) is 0 Å². The van der Waals surface area contributed by atoms with Crippen molar-refractivity contribution in [2.75, 3.05) is 6.61 Å². The molecule has 3 N–H and O–H groups in total. The zero-order chi connectivity index (χ0) is 45.9. The predicted molar refractivity (Wildman–Crippen MR) is 273 cm³/mol. The molecule has 0 radical (unpaired) electrons. The Morgan fingerprint density at radius 3 is 1.44 bits per heavy atom. The Kier molecular flexibility index (Phi) is 47.2. The summed E-state index contributed by atoms with van der Waals surface area (Å²) in [5.41, 5.74) is 0. The van der Waals surface area contributed by atoms with Gasteiger partial charge in [0, 0.05) is 6.42 Å². The molecule has 0 saturated carbocycles. The van der Waals surface area contributed by atoms with E-state index in [0.717, 1.165) is 64.2 Å². The smallest absolute Gasteiger partial charge is 0.306 e. The Balaban J connectivity index is 4.72. The summed E-state index contributed by atoms with van der Waals surface area (Å²) in [6.07, 6.45) is 66.1. The molecule has 0 aromatic heterocycles. The van der Waals surface area contributed by atoms with Crippen LogP contribution in [0.2, 0.25) is 0 Å². The number of aliphatic hydroxyl groups excluding tert-OH is 2. The highest BCUT2D eigenvalue weighted by atomic mass is 16.5. The number of ether oxygens (including phenoxy) is 1. The molecule has 0 heterocycles. The summed E-state index contributed by atoms with van der Waals surface area (Å²) in [5.74, 6) is -0.606. The van der Waals surface area contributed by atoms with Crippen LogP contribution < -0.4 is 5.32 Å². The van der Waals surface area contributed by atoms with E-state index in [4.69, 9.17) is 4.74 Å².